The third-order valence-corrected chi connectivity index (χ3v) is 4.77. The van der Waals surface area contributed by atoms with Gasteiger partial charge in [-0.2, -0.15) is 0 Å². The van der Waals surface area contributed by atoms with E-state index in [1.807, 2.05) is 42.9 Å². The summed E-state index contributed by atoms with van der Waals surface area (Å²) in [4.78, 5) is 45.0. The number of hydrogen-bond acceptors (Lipinski definition) is 6. The number of carbonyl (C=O) groups excluding carboxylic acids is 4. The number of aldehydes is 1. The molecule has 0 saturated heterocycles. The summed E-state index contributed by atoms with van der Waals surface area (Å²) in [5.74, 6) is -0.230. The molecule has 10 nitrogen and oxygen atoms in total. The molecule has 0 aliphatic heterocycles. The summed E-state index contributed by atoms with van der Waals surface area (Å²) in [5, 5.41) is 2.86. The van der Waals surface area contributed by atoms with E-state index in [1.165, 1.54) is 11.0 Å². The van der Waals surface area contributed by atoms with Crippen molar-refractivity contribution in [1.29, 1.82) is 0 Å². The highest BCUT2D eigenvalue weighted by molar-refractivity contribution is 5.90. The van der Waals surface area contributed by atoms with Gasteiger partial charge in [0, 0.05) is 58.2 Å². The van der Waals surface area contributed by atoms with E-state index in [0.717, 1.165) is 12.5 Å². The molecule has 1 unspecified atom stereocenters. The van der Waals surface area contributed by atoms with Gasteiger partial charge in [-0.05, 0) is 50.8 Å². The van der Waals surface area contributed by atoms with Gasteiger partial charge in [0.15, 0.2) is 0 Å². The zero-order chi connectivity index (χ0) is 26.9. The minimum absolute atomic E-state index is 0.153. The van der Waals surface area contributed by atoms with Crippen LogP contribution in [0.1, 0.15) is 47.0 Å². The van der Waals surface area contributed by atoms with Gasteiger partial charge in [0.05, 0.1) is 5.60 Å². The number of nitrogens with zero attached hydrogens (tertiary/aromatic N) is 2. The van der Waals surface area contributed by atoms with Crippen molar-refractivity contribution < 1.29 is 23.9 Å². The Kier molecular flexibility index (Phi) is 16.0. The lowest BCUT2D eigenvalue weighted by Gasteiger charge is -2.27. The average Bonchev–Trinajstić information content (AvgIpc) is 3.30. The van der Waals surface area contributed by atoms with Crippen molar-refractivity contribution in [3.63, 3.8) is 0 Å². The normalized spacial score (nSPS) is 12.1. The zero-order valence-corrected chi connectivity index (χ0v) is 21.7. The maximum absolute atomic E-state index is 11.9. The first-order valence-electron chi connectivity index (χ1n) is 11.8. The minimum atomic E-state index is -0.553. The van der Waals surface area contributed by atoms with Gasteiger partial charge >= 0.3 is 0 Å². The molecule has 0 spiro atoms. The summed E-state index contributed by atoms with van der Waals surface area (Å²) in [5.41, 5.74) is 10.5. The van der Waals surface area contributed by atoms with Crippen LogP contribution in [-0.4, -0.2) is 71.9 Å². The molecule has 5 N–H and O–H groups in total. The molecule has 0 bridgehead atoms. The van der Waals surface area contributed by atoms with E-state index in [0.29, 0.717) is 51.3 Å². The molecule has 1 heterocycles. The summed E-state index contributed by atoms with van der Waals surface area (Å²) in [6.45, 7) is 10.3. The first-order chi connectivity index (χ1) is 16.4. The quantitative estimate of drug-likeness (QED) is 0.190. The van der Waals surface area contributed by atoms with Crippen LogP contribution in [0.2, 0.25) is 0 Å². The topological polar surface area (TPSA) is 150 Å². The molecular weight excluding hydrogens is 450 g/mol. The summed E-state index contributed by atoms with van der Waals surface area (Å²) in [7, 11) is 1.64. The first-order valence-corrected chi connectivity index (χ1v) is 11.8. The van der Waals surface area contributed by atoms with Gasteiger partial charge in [-0.25, -0.2) is 0 Å². The SMILES string of the molecule is CC(C)COC(C)(C)CNC(=O)C(N)Cn1cccc1.CN(CCCCC(N)=O)C(=O)/C=C\C=O. The molecule has 0 saturated carbocycles. The van der Waals surface area contributed by atoms with E-state index < -0.39 is 6.04 Å². The molecule has 1 atom stereocenters. The molecule has 10 heteroatoms. The maximum Gasteiger partial charge on any atom is 0.246 e. The fourth-order valence-electron chi connectivity index (χ4n) is 2.68. The van der Waals surface area contributed by atoms with E-state index in [2.05, 4.69) is 19.2 Å². The Bertz CT molecular complexity index is 790. The van der Waals surface area contributed by atoms with Crippen molar-refractivity contribution in [3.05, 3.63) is 36.7 Å². The standard InChI is InChI=1S/C15H27N3O2.C10H16N2O3/c1-12(2)10-20-15(3,4)11-17-14(19)13(16)9-18-7-5-6-8-18;1-12(10(15)6-4-8-13)7-3-2-5-9(11)14/h5-8,12-13H,9-11,16H2,1-4H3,(H,17,19);4,6,8H,2-3,5,7H2,1H3,(H2,11,14)/b;6-4-. The Labute approximate surface area is 209 Å². The molecule has 35 heavy (non-hydrogen) atoms. The summed E-state index contributed by atoms with van der Waals surface area (Å²) >= 11 is 0. The summed E-state index contributed by atoms with van der Waals surface area (Å²) < 4.78 is 7.66. The lowest BCUT2D eigenvalue weighted by atomic mass is 10.1. The lowest BCUT2D eigenvalue weighted by molar-refractivity contribution is -0.125. The molecular formula is C25H43N5O5. The van der Waals surface area contributed by atoms with Gasteiger partial charge in [0.25, 0.3) is 0 Å². The Balaban J connectivity index is 0.000000691. The van der Waals surface area contributed by atoms with E-state index in [9.17, 15) is 19.2 Å². The molecule has 3 amide bonds. The number of nitrogens with one attached hydrogen (secondary N) is 1. The number of allylic oxidation sites excluding steroid dienone is 1. The van der Waals surface area contributed by atoms with Crippen LogP contribution < -0.4 is 16.8 Å². The van der Waals surface area contributed by atoms with Gasteiger partial charge in [-0.3, -0.25) is 19.2 Å². The second-order valence-corrected chi connectivity index (χ2v) is 9.35. The van der Waals surface area contributed by atoms with Gasteiger partial charge in [0.2, 0.25) is 17.7 Å². The number of aromatic nitrogens is 1. The first kappa shape index (κ1) is 32.0. The molecule has 0 aromatic carbocycles. The van der Waals surface area contributed by atoms with Crippen molar-refractivity contribution in [3.8, 4) is 0 Å². The number of nitrogens with two attached hydrogens (primary N) is 2. The number of carbonyl (C=O) groups is 4. The van der Waals surface area contributed by atoms with Crippen LogP contribution in [0.4, 0.5) is 0 Å². The Morgan fingerprint density at radius 1 is 1.17 bits per heavy atom. The highest BCUT2D eigenvalue weighted by Crippen LogP contribution is 2.10. The molecule has 0 aliphatic carbocycles. The third kappa shape index (κ3) is 17.2. The van der Waals surface area contributed by atoms with Crippen molar-refractivity contribution in [2.45, 2.75) is 65.1 Å². The zero-order valence-electron chi connectivity index (χ0n) is 21.7. The smallest absolute Gasteiger partial charge is 0.246 e. The Morgan fingerprint density at radius 2 is 1.80 bits per heavy atom. The highest BCUT2D eigenvalue weighted by atomic mass is 16.5. The predicted octanol–water partition coefficient (Wildman–Crippen LogP) is 1.24. The van der Waals surface area contributed by atoms with E-state index in [-0.39, 0.29) is 23.3 Å². The number of rotatable bonds is 15. The molecule has 1 aromatic rings. The van der Waals surface area contributed by atoms with Crippen molar-refractivity contribution in [2.24, 2.45) is 17.4 Å². The predicted molar refractivity (Wildman–Crippen MR) is 136 cm³/mol. The average molecular weight is 494 g/mol. The number of unbranched alkanes of at least 4 members (excludes halogenated alkanes) is 1. The van der Waals surface area contributed by atoms with Crippen molar-refractivity contribution in [1.82, 2.24) is 14.8 Å². The monoisotopic (exact) mass is 493 g/mol. The highest BCUT2D eigenvalue weighted by Gasteiger charge is 2.22. The molecule has 0 fully saturated rings. The van der Waals surface area contributed by atoms with Gasteiger partial charge in [-0.1, -0.05) is 13.8 Å². The maximum atomic E-state index is 11.9. The van der Waals surface area contributed by atoms with Crippen LogP contribution in [-0.2, 0) is 30.5 Å². The van der Waals surface area contributed by atoms with Crippen LogP contribution in [0.5, 0.6) is 0 Å². The van der Waals surface area contributed by atoms with E-state index in [4.69, 9.17) is 16.2 Å². The van der Waals surface area contributed by atoms with E-state index >= 15 is 0 Å². The van der Waals surface area contributed by atoms with Crippen LogP contribution in [0, 0.1) is 5.92 Å². The molecule has 1 aromatic heterocycles. The summed E-state index contributed by atoms with van der Waals surface area (Å²) in [6.07, 6.45) is 8.43. The molecule has 0 radical (unpaired) electrons. The van der Waals surface area contributed by atoms with Crippen LogP contribution in [0.15, 0.2) is 36.7 Å². The van der Waals surface area contributed by atoms with Crippen molar-refractivity contribution in [2.75, 3.05) is 26.7 Å². The Hall–Kier alpha value is -2.98. The second-order valence-electron chi connectivity index (χ2n) is 9.35. The fraction of sp³-hybridized carbons (Fsp3) is 0.600. The number of hydrogen-bond donors (Lipinski definition) is 3. The van der Waals surface area contributed by atoms with Crippen molar-refractivity contribution >= 4 is 24.0 Å². The van der Waals surface area contributed by atoms with Gasteiger partial charge in [-0.15, -0.1) is 0 Å². The van der Waals surface area contributed by atoms with E-state index in [1.54, 1.807) is 7.05 Å². The number of likely N-dealkylation sites (N-methyl/N-ethyl adjacent to an activating group) is 1. The third-order valence-electron chi connectivity index (χ3n) is 4.77. The number of primary amides is 1. The summed E-state index contributed by atoms with van der Waals surface area (Å²) in [6, 6.07) is 3.27. The number of amides is 3. The lowest BCUT2D eigenvalue weighted by Crippen LogP contribution is -2.48. The van der Waals surface area contributed by atoms with Crippen LogP contribution in [0.25, 0.3) is 0 Å². The van der Waals surface area contributed by atoms with Gasteiger partial charge in [0.1, 0.15) is 12.3 Å². The molecule has 0 aliphatic rings. The minimum Gasteiger partial charge on any atom is -0.373 e. The molecule has 198 valence electrons. The largest absolute Gasteiger partial charge is 0.373 e. The molecule has 1 rings (SSSR count). The van der Waals surface area contributed by atoms with Crippen LogP contribution in [0.3, 0.4) is 0 Å². The van der Waals surface area contributed by atoms with Gasteiger partial charge < -0.3 is 31.0 Å². The fourth-order valence-corrected chi connectivity index (χ4v) is 2.68. The number of ether oxygens (including phenoxy) is 1. The Morgan fingerprint density at radius 3 is 2.34 bits per heavy atom. The van der Waals surface area contributed by atoms with Crippen LogP contribution >= 0.6 is 0 Å². The second kappa shape index (κ2) is 17.5.